The van der Waals surface area contributed by atoms with Crippen molar-refractivity contribution in [1.29, 1.82) is 0 Å². The van der Waals surface area contributed by atoms with Crippen LogP contribution < -0.4 is 9.62 Å². The van der Waals surface area contributed by atoms with Crippen molar-refractivity contribution in [2.24, 2.45) is 0 Å². The second-order valence-corrected chi connectivity index (χ2v) is 7.29. The number of hydrogen-bond acceptors (Lipinski definition) is 4. The minimum absolute atomic E-state index is 0.0892. The number of fused-ring (bicyclic) bond motifs is 1. The van der Waals surface area contributed by atoms with E-state index in [4.69, 9.17) is 0 Å². The molecule has 112 valence electrons. The summed E-state index contributed by atoms with van der Waals surface area (Å²) in [5, 5.41) is 10.1. The SMILES string of the molecule is CCS(=O)(=O)NCCN1CC[C@@H](C)c2cccc(O)c21. The monoisotopic (exact) mass is 298 g/mol. The van der Waals surface area contributed by atoms with E-state index in [0.29, 0.717) is 19.0 Å². The van der Waals surface area contributed by atoms with E-state index in [2.05, 4.69) is 16.5 Å². The number of anilines is 1. The third kappa shape index (κ3) is 3.24. The van der Waals surface area contributed by atoms with Crippen molar-refractivity contribution in [2.45, 2.75) is 26.2 Å². The summed E-state index contributed by atoms with van der Waals surface area (Å²) in [5.41, 5.74) is 1.98. The zero-order valence-electron chi connectivity index (χ0n) is 12.0. The molecule has 0 saturated carbocycles. The van der Waals surface area contributed by atoms with Crippen LogP contribution in [0.2, 0.25) is 0 Å². The van der Waals surface area contributed by atoms with Gasteiger partial charge in [0, 0.05) is 19.6 Å². The molecule has 1 heterocycles. The summed E-state index contributed by atoms with van der Waals surface area (Å²) in [6, 6.07) is 5.57. The Hall–Kier alpha value is -1.27. The third-order valence-electron chi connectivity index (χ3n) is 3.81. The number of rotatable bonds is 5. The van der Waals surface area contributed by atoms with Gasteiger partial charge in [-0.1, -0.05) is 19.1 Å². The Morgan fingerprint density at radius 1 is 1.45 bits per heavy atom. The standard InChI is InChI=1S/C14H22N2O3S/c1-3-20(18,19)15-8-10-16-9-7-11(2)12-5-4-6-13(17)14(12)16/h4-6,11,15,17H,3,7-10H2,1-2H3/t11-/m1/s1. The maximum Gasteiger partial charge on any atom is 0.211 e. The van der Waals surface area contributed by atoms with Crippen LogP contribution in [0.4, 0.5) is 5.69 Å². The molecule has 0 unspecified atom stereocenters. The molecule has 0 saturated heterocycles. The fourth-order valence-corrected chi connectivity index (χ4v) is 3.18. The number of phenols is 1. The van der Waals surface area contributed by atoms with Gasteiger partial charge in [-0.3, -0.25) is 0 Å². The van der Waals surface area contributed by atoms with Crippen molar-refractivity contribution in [3.05, 3.63) is 23.8 Å². The molecule has 5 nitrogen and oxygen atoms in total. The molecular weight excluding hydrogens is 276 g/mol. The van der Waals surface area contributed by atoms with Gasteiger partial charge in [-0.2, -0.15) is 0 Å². The van der Waals surface area contributed by atoms with E-state index < -0.39 is 10.0 Å². The number of aromatic hydroxyl groups is 1. The second kappa shape index (κ2) is 6.01. The van der Waals surface area contributed by atoms with Crippen LogP contribution in [0.5, 0.6) is 5.75 Å². The Labute approximate surface area is 120 Å². The average molecular weight is 298 g/mol. The van der Waals surface area contributed by atoms with Gasteiger partial charge in [0.05, 0.1) is 11.4 Å². The van der Waals surface area contributed by atoms with Crippen molar-refractivity contribution >= 4 is 15.7 Å². The molecule has 0 aliphatic carbocycles. The van der Waals surface area contributed by atoms with Crippen LogP contribution in [0.15, 0.2) is 18.2 Å². The van der Waals surface area contributed by atoms with Gasteiger partial charge in [0.1, 0.15) is 5.75 Å². The molecule has 1 atom stereocenters. The Bertz CT molecular complexity index is 572. The highest BCUT2D eigenvalue weighted by molar-refractivity contribution is 7.89. The number of phenolic OH excluding ortho intramolecular Hbond substituents is 1. The lowest BCUT2D eigenvalue weighted by Crippen LogP contribution is -2.38. The normalized spacial score (nSPS) is 18.9. The fourth-order valence-electron chi connectivity index (χ4n) is 2.57. The molecular formula is C14H22N2O3S. The maximum atomic E-state index is 11.4. The Morgan fingerprint density at radius 2 is 2.20 bits per heavy atom. The van der Waals surface area contributed by atoms with Gasteiger partial charge in [0.25, 0.3) is 0 Å². The third-order valence-corrected chi connectivity index (χ3v) is 5.21. The van der Waals surface area contributed by atoms with Crippen LogP contribution in [-0.2, 0) is 10.0 Å². The topological polar surface area (TPSA) is 69.6 Å². The highest BCUT2D eigenvalue weighted by Gasteiger charge is 2.24. The largest absolute Gasteiger partial charge is 0.506 e. The summed E-state index contributed by atoms with van der Waals surface area (Å²) in [6.45, 7) is 5.52. The van der Waals surface area contributed by atoms with Crippen LogP contribution in [-0.4, -0.2) is 38.9 Å². The zero-order chi connectivity index (χ0) is 14.8. The molecule has 1 aromatic carbocycles. The van der Waals surface area contributed by atoms with Crippen molar-refractivity contribution in [3.63, 3.8) is 0 Å². The summed E-state index contributed by atoms with van der Waals surface area (Å²) >= 11 is 0. The first-order chi connectivity index (χ1) is 9.44. The maximum absolute atomic E-state index is 11.4. The lowest BCUT2D eigenvalue weighted by molar-refractivity contribution is 0.467. The molecule has 1 aromatic rings. The van der Waals surface area contributed by atoms with E-state index in [1.165, 1.54) is 0 Å². The minimum atomic E-state index is -3.16. The number of nitrogens with zero attached hydrogens (tertiary/aromatic N) is 1. The van der Waals surface area contributed by atoms with Crippen LogP contribution in [0.25, 0.3) is 0 Å². The Morgan fingerprint density at radius 3 is 2.90 bits per heavy atom. The van der Waals surface area contributed by atoms with Gasteiger partial charge in [0.2, 0.25) is 10.0 Å². The van der Waals surface area contributed by atoms with E-state index in [1.807, 2.05) is 12.1 Å². The molecule has 0 fully saturated rings. The number of nitrogens with one attached hydrogen (secondary N) is 1. The van der Waals surface area contributed by atoms with Crippen molar-refractivity contribution in [3.8, 4) is 5.75 Å². The number of para-hydroxylation sites is 1. The summed E-state index contributed by atoms with van der Waals surface area (Å²) in [7, 11) is -3.16. The molecule has 2 N–H and O–H groups in total. The summed E-state index contributed by atoms with van der Waals surface area (Å²) in [6.07, 6.45) is 1.01. The van der Waals surface area contributed by atoms with Gasteiger partial charge in [0.15, 0.2) is 0 Å². The van der Waals surface area contributed by atoms with Gasteiger partial charge in [-0.05, 0) is 30.9 Å². The number of hydrogen-bond donors (Lipinski definition) is 2. The zero-order valence-corrected chi connectivity index (χ0v) is 12.8. The van der Waals surface area contributed by atoms with Gasteiger partial charge in [-0.25, -0.2) is 13.1 Å². The second-order valence-electron chi connectivity index (χ2n) is 5.19. The van der Waals surface area contributed by atoms with E-state index >= 15 is 0 Å². The van der Waals surface area contributed by atoms with Crippen molar-refractivity contribution < 1.29 is 13.5 Å². The smallest absolute Gasteiger partial charge is 0.211 e. The first-order valence-corrected chi connectivity index (χ1v) is 8.64. The molecule has 0 bridgehead atoms. The van der Waals surface area contributed by atoms with E-state index in [-0.39, 0.29) is 11.5 Å². The lowest BCUT2D eigenvalue weighted by Gasteiger charge is -2.35. The predicted octanol–water partition coefficient (Wildman–Crippen LogP) is 1.65. The molecule has 1 aliphatic heterocycles. The quantitative estimate of drug-likeness (QED) is 0.867. The van der Waals surface area contributed by atoms with Gasteiger partial charge in [-0.15, -0.1) is 0 Å². The molecule has 0 spiro atoms. The Kier molecular flexibility index (Phi) is 4.55. The fraction of sp³-hybridized carbons (Fsp3) is 0.571. The summed E-state index contributed by atoms with van der Waals surface area (Å²) in [5.74, 6) is 0.777. The molecule has 0 radical (unpaired) electrons. The lowest BCUT2D eigenvalue weighted by atomic mass is 9.91. The van der Waals surface area contributed by atoms with Crippen LogP contribution in [0.1, 0.15) is 31.7 Å². The Balaban J connectivity index is 2.10. The minimum Gasteiger partial charge on any atom is -0.506 e. The molecule has 6 heteroatoms. The van der Waals surface area contributed by atoms with Crippen molar-refractivity contribution in [1.82, 2.24) is 4.72 Å². The van der Waals surface area contributed by atoms with E-state index in [1.54, 1.807) is 13.0 Å². The highest BCUT2D eigenvalue weighted by Crippen LogP contribution is 2.40. The summed E-state index contributed by atoms with van der Waals surface area (Å²) in [4.78, 5) is 2.06. The molecule has 0 amide bonds. The van der Waals surface area contributed by atoms with Crippen molar-refractivity contribution in [2.75, 3.05) is 30.3 Å². The van der Waals surface area contributed by atoms with Crippen LogP contribution >= 0.6 is 0 Å². The van der Waals surface area contributed by atoms with E-state index in [0.717, 1.165) is 24.2 Å². The molecule has 20 heavy (non-hydrogen) atoms. The van der Waals surface area contributed by atoms with Crippen LogP contribution in [0, 0.1) is 0 Å². The molecule has 1 aliphatic rings. The summed E-state index contributed by atoms with van der Waals surface area (Å²) < 4.78 is 25.4. The van der Waals surface area contributed by atoms with E-state index in [9.17, 15) is 13.5 Å². The number of sulfonamides is 1. The molecule has 0 aromatic heterocycles. The first kappa shape index (κ1) is 15.1. The highest BCUT2D eigenvalue weighted by atomic mass is 32.2. The first-order valence-electron chi connectivity index (χ1n) is 6.98. The van der Waals surface area contributed by atoms with Crippen LogP contribution in [0.3, 0.4) is 0 Å². The molecule has 2 rings (SSSR count). The van der Waals surface area contributed by atoms with Gasteiger partial charge >= 0.3 is 0 Å². The number of benzene rings is 1. The van der Waals surface area contributed by atoms with Gasteiger partial charge < -0.3 is 10.0 Å². The average Bonchev–Trinajstić information content (AvgIpc) is 2.42. The predicted molar refractivity (Wildman–Crippen MR) is 80.8 cm³/mol.